The van der Waals surface area contributed by atoms with Crippen molar-refractivity contribution in [1.29, 1.82) is 0 Å². The number of carbonyl (C=O) groups is 1. The van der Waals surface area contributed by atoms with Crippen molar-refractivity contribution in [2.75, 3.05) is 5.32 Å². The predicted molar refractivity (Wildman–Crippen MR) is 64.8 cm³/mol. The van der Waals surface area contributed by atoms with E-state index in [1.54, 1.807) is 23.0 Å². The molecule has 5 heteroatoms. The summed E-state index contributed by atoms with van der Waals surface area (Å²) >= 11 is 0. The fourth-order valence-electron chi connectivity index (χ4n) is 1.57. The Hall–Kier alpha value is -2.17. The third kappa shape index (κ3) is 2.50. The Bertz CT molecular complexity index is 533. The van der Waals surface area contributed by atoms with E-state index in [2.05, 4.69) is 15.4 Å². The maximum atomic E-state index is 12.0. The number of rotatable bonds is 3. The molecule has 1 N–H and O–H groups in total. The van der Waals surface area contributed by atoms with Gasteiger partial charge in [-0.25, -0.2) is 4.98 Å². The van der Waals surface area contributed by atoms with Gasteiger partial charge in [0, 0.05) is 18.4 Å². The van der Waals surface area contributed by atoms with Gasteiger partial charge in [-0.05, 0) is 32.0 Å². The van der Waals surface area contributed by atoms with E-state index in [0.29, 0.717) is 18.1 Å². The second kappa shape index (κ2) is 4.78. The zero-order valence-electron chi connectivity index (χ0n) is 9.84. The molecule has 2 rings (SSSR count). The first-order chi connectivity index (χ1) is 8.20. The highest BCUT2D eigenvalue weighted by molar-refractivity contribution is 6.02. The van der Waals surface area contributed by atoms with Crippen molar-refractivity contribution in [1.82, 2.24) is 14.8 Å². The third-order valence-corrected chi connectivity index (χ3v) is 2.38. The molecule has 0 unspecified atom stereocenters. The molecular formula is C12H14N4O. The van der Waals surface area contributed by atoms with Gasteiger partial charge in [-0.1, -0.05) is 6.07 Å². The van der Waals surface area contributed by atoms with E-state index in [1.165, 1.54) is 0 Å². The van der Waals surface area contributed by atoms with Gasteiger partial charge in [0.05, 0.1) is 0 Å². The van der Waals surface area contributed by atoms with Gasteiger partial charge in [0.25, 0.3) is 5.91 Å². The topological polar surface area (TPSA) is 59.8 Å². The lowest BCUT2D eigenvalue weighted by atomic mass is 10.3. The van der Waals surface area contributed by atoms with Gasteiger partial charge in [0.15, 0.2) is 0 Å². The van der Waals surface area contributed by atoms with Crippen molar-refractivity contribution in [2.24, 2.45) is 0 Å². The van der Waals surface area contributed by atoms with Gasteiger partial charge in [0.1, 0.15) is 11.5 Å². The first kappa shape index (κ1) is 11.3. The zero-order valence-corrected chi connectivity index (χ0v) is 9.84. The van der Waals surface area contributed by atoms with Crippen molar-refractivity contribution in [3.05, 3.63) is 41.9 Å². The summed E-state index contributed by atoms with van der Waals surface area (Å²) in [6, 6.07) is 7.19. The first-order valence-electron chi connectivity index (χ1n) is 5.47. The Morgan fingerprint density at radius 3 is 2.94 bits per heavy atom. The van der Waals surface area contributed by atoms with Gasteiger partial charge in [-0.15, -0.1) is 0 Å². The largest absolute Gasteiger partial charge is 0.305 e. The summed E-state index contributed by atoms with van der Waals surface area (Å²) in [5, 5.41) is 6.80. The van der Waals surface area contributed by atoms with Gasteiger partial charge in [-0.2, -0.15) is 5.10 Å². The van der Waals surface area contributed by atoms with Crippen LogP contribution >= 0.6 is 0 Å². The molecule has 0 saturated heterocycles. The number of hydrogen-bond acceptors (Lipinski definition) is 3. The molecule has 2 heterocycles. The number of aryl methyl sites for hydroxylation is 2. The lowest BCUT2D eigenvalue weighted by molar-refractivity contribution is 0.101. The van der Waals surface area contributed by atoms with Crippen molar-refractivity contribution >= 4 is 11.7 Å². The van der Waals surface area contributed by atoms with Crippen molar-refractivity contribution in [3.63, 3.8) is 0 Å². The van der Waals surface area contributed by atoms with Gasteiger partial charge < -0.3 is 5.32 Å². The molecule has 2 aromatic rings. The zero-order chi connectivity index (χ0) is 12.3. The highest BCUT2D eigenvalue weighted by Crippen LogP contribution is 2.07. The van der Waals surface area contributed by atoms with Crippen LogP contribution in [0.5, 0.6) is 0 Å². The van der Waals surface area contributed by atoms with Crippen LogP contribution in [0.1, 0.15) is 23.1 Å². The third-order valence-electron chi connectivity index (χ3n) is 2.38. The number of nitrogens with zero attached hydrogens (tertiary/aromatic N) is 3. The number of aromatic nitrogens is 3. The van der Waals surface area contributed by atoms with Crippen LogP contribution in [0.25, 0.3) is 0 Å². The molecular weight excluding hydrogens is 216 g/mol. The molecule has 2 aromatic heterocycles. The quantitative estimate of drug-likeness (QED) is 0.875. The molecule has 0 aromatic carbocycles. The summed E-state index contributed by atoms with van der Waals surface area (Å²) in [4.78, 5) is 16.2. The Kier molecular flexibility index (Phi) is 3.18. The van der Waals surface area contributed by atoms with Crippen LogP contribution < -0.4 is 5.32 Å². The number of pyridine rings is 1. The number of anilines is 1. The van der Waals surface area contributed by atoms with E-state index in [1.807, 2.05) is 26.0 Å². The van der Waals surface area contributed by atoms with E-state index in [9.17, 15) is 4.79 Å². The summed E-state index contributed by atoms with van der Waals surface area (Å²) in [6.45, 7) is 4.48. The van der Waals surface area contributed by atoms with Crippen LogP contribution in [0.4, 0.5) is 5.82 Å². The number of hydrogen-bond donors (Lipinski definition) is 1. The molecule has 0 aliphatic carbocycles. The molecule has 0 aliphatic rings. The predicted octanol–water partition coefficient (Wildman–Crippen LogP) is 1.86. The number of nitrogens with one attached hydrogen (secondary N) is 1. The molecule has 0 aliphatic heterocycles. The average molecular weight is 230 g/mol. The Balaban J connectivity index is 2.17. The highest BCUT2D eigenvalue weighted by Gasteiger charge is 2.11. The summed E-state index contributed by atoms with van der Waals surface area (Å²) < 4.78 is 1.64. The summed E-state index contributed by atoms with van der Waals surface area (Å²) in [6.07, 6.45) is 1.61. The van der Waals surface area contributed by atoms with Crippen LogP contribution in [0.15, 0.2) is 30.5 Å². The normalized spacial score (nSPS) is 10.2. The Morgan fingerprint density at radius 1 is 1.41 bits per heavy atom. The van der Waals surface area contributed by atoms with E-state index >= 15 is 0 Å². The van der Waals surface area contributed by atoms with E-state index < -0.39 is 0 Å². The first-order valence-corrected chi connectivity index (χ1v) is 5.47. The molecule has 0 radical (unpaired) electrons. The van der Waals surface area contributed by atoms with E-state index in [4.69, 9.17) is 0 Å². The Labute approximate surface area is 99.5 Å². The van der Waals surface area contributed by atoms with E-state index in [0.717, 1.165) is 5.69 Å². The molecule has 0 spiro atoms. The van der Waals surface area contributed by atoms with Crippen molar-refractivity contribution in [2.45, 2.75) is 20.4 Å². The van der Waals surface area contributed by atoms with E-state index in [-0.39, 0.29) is 5.91 Å². The fourth-order valence-corrected chi connectivity index (χ4v) is 1.57. The van der Waals surface area contributed by atoms with Gasteiger partial charge in [0.2, 0.25) is 0 Å². The molecule has 0 saturated carbocycles. The lowest BCUT2D eigenvalue weighted by Crippen LogP contribution is -2.18. The average Bonchev–Trinajstić information content (AvgIpc) is 2.77. The second-order valence-electron chi connectivity index (χ2n) is 3.65. The van der Waals surface area contributed by atoms with Crippen LogP contribution in [-0.2, 0) is 6.54 Å². The van der Waals surface area contributed by atoms with Crippen molar-refractivity contribution in [3.8, 4) is 0 Å². The fraction of sp³-hybridized carbons (Fsp3) is 0.250. The summed E-state index contributed by atoms with van der Waals surface area (Å²) in [5.41, 5.74) is 1.41. The van der Waals surface area contributed by atoms with Crippen LogP contribution in [0.3, 0.4) is 0 Å². The van der Waals surface area contributed by atoms with Crippen LogP contribution in [0, 0.1) is 6.92 Å². The minimum Gasteiger partial charge on any atom is -0.305 e. The molecule has 1 amide bonds. The smallest absolute Gasteiger partial charge is 0.275 e. The molecule has 88 valence electrons. The SMILES string of the molecule is CCn1nccc1C(=O)Nc1cccc(C)n1. The lowest BCUT2D eigenvalue weighted by Gasteiger charge is -2.06. The number of carbonyl (C=O) groups excluding carboxylic acids is 1. The van der Waals surface area contributed by atoms with Gasteiger partial charge in [-0.3, -0.25) is 9.48 Å². The standard InChI is InChI=1S/C12H14N4O/c1-3-16-10(7-8-13-16)12(17)15-11-6-4-5-9(2)14-11/h4-8H,3H2,1-2H3,(H,14,15,17). The molecule has 0 bridgehead atoms. The van der Waals surface area contributed by atoms with Crippen molar-refractivity contribution < 1.29 is 4.79 Å². The monoisotopic (exact) mass is 230 g/mol. The maximum absolute atomic E-state index is 12.0. The molecule has 0 atom stereocenters. The minimum absolute atomic E-state index is 0.192. The Morgan fingerprint density at radius 2 is 2.24 bits per heavy atom. The van der Waals surface area contributed by atoms with Gasteiger partial charge >= 0.3 is 0 Å². The molecule has 17 heavy (non-hydrogen) atoms. The second-order valence-corrected chi connectivity index (χ2v) is 3.65. The highest BCUT2D eigenvalue weighted by atomic mass is 16.2. The summed E-state index contributed by atoms with van der Waals surface area (Å²) in [5.74, 6) is 0.362. The molecule has 0 fully saturated rings. The van der Waals surface area contributed by atoms with Crippen LogP contribution in [0.2, 0.25) is 0 Å². The van der Waals surface area contributed by atoms with Crippen LogP contribution in [-0.4, -0.2) is 20.7 Å². The minimum atomic E-state index is -0.192. The maximum Gasteiger partial charge on any atom is 0.275 e. The molecule has 5 nitrogen and oxygen atoms in total. The summed E-state index contributed by atoms with van der Waals surface area (Å²) in [7, 11) is 0. The number of amides is 1.